The Morgan fingerprint density at radius 3 is 2.67 bits per heavy atom. The van der Waals surface area contributed by atoms with Gasteiger partial charge in [-0.25, -0.2) is 4.98 Å². The van der Waals surface area contributed by atoms with E-state index in [-0.39, 0.29) is 12.0 Å². The van der Waals surface area contributed by atoms with Crippen molar-refractivity contribution < 1.29 is 9.53 Å². The van der Waals surface area contributed by atoms with Crippen LogP contribution < -0.4 is 15.4 Å². The summed E-state index contributed by atoms with van der Waals surface area (Å²) in [6.45, 7) is 8.50. The summed E-state index contributed by atoms with van der Waals surface area (Å²) in [4.78, 5) is 17.2. The van der Waals surface area contributed by atoms with Crippen molar-refractivity contribution in [1.82, 2.24) is 14.9 Å². The Morgan fingerprint density at radius 2 is 2.03 bits per heavy atom. The highest BCUT2D eigenvalue weighted by Gasteiger charge is 2.17. The third-order valence-electron chi connectivity index (χ3n) is 5.17. The van der Waals surface area contributed by atoms with E-state index in [9.17, 15) is 4.79 Å². The number of nitrogens with zero attached hydrogens (tertiary/aromatic N) is 2. The number of aromatic nitrogens is 2. The highest BCUT2D eigenvalue weighted by atomic mass is 32.1. The lowest BCUT2D eigenvalue weighted by Gasteiger charge is -2.22. The summed E-state index contributed by atoms with van der Waals surface area (Å²) in [6.07, 6.45) is 7.15. The van der Waals surface area contributed by atoms with E-state index in [1.54, 1.807) is 11.3 Å². The van der Waals surface area contributed by atoms with Crippen LogP contribution in [0.1, 0.15) is 57.3 Å². The molecular weight excluding hydrogens is 432 g/mol. The molecule has 1 aromatic carbocycles. The molecular formula is C26H34N4O2S. The fourth-order valence-corrected chi connectivity index (χ4v) is 4.16. The number of carbonyl (C=O) groups is 1. The van der Waals surface area contributed by atoms with Crippen molar-refractivity contribution in [2.75, 3.05) is 11.9 Å². The highest BCUT2D eigenvalue weighted by molar-refractivity contribution is 7.14. The van der Waals surface area contributed by atoms with Crippen molar-refractivity contribution in [3.8, 4) is 17.0 Å². The van der Waals surface area contributed by atoms with Crippen LogP contribution in [0, 0.1) is 0 Å². The van der Waals surface area contributed by atoms with Gasteiger partial charge in [-0.3, -0.25) is 4.79 Å². The van der Waals surface area contributed by atoms with Crippen molar-refractivity contribution in [3.63, 3.8) is 0 Å². The van der Waals surface area contributed by atoms with Crippen molar-refractivity contribution >= 4 is 22.4 Å². The molecule has 1 saturated carbocycles. The molecule has 0 bridgehead atoms. The van der Waals surface area contributed by atoms with Gasteiger partial charge in [0.15, 0.2) is 5.13 Å². The third-order valence-corrected chi connectivity index (χ3v) is 5.93. The minimum atomic E-state index is -0.0679. The number of hydrogen-bond acceptors (Lipinski definition) is 5. The molecule has 0 spiro atoms. The normalized spacial score (nSPS) is 12.5. The fraction of sp³-hybridized carbons (Fsp3) is 0.385. The topological polar surface area (TPSA) is 68.2 Å². The Bertz CT molecular complexity index is 1090. The second-order valence-corrected chi connectivity index (χ2v) is 8.90. The second kappa shape index (κ2) is 11.7. The smallest absolute Gasteiger partial charge is 0.253 e. The van der Waals surface area contributed by atoms with Crippen LogP contribution in [0.25, 0.3) is 11.3 Å². The summed E-state index contributed by atoms with van der Waals surface area (Å²) in [5.41, 5.74) is 5.01. The molecule has 1 aliphatic rings. The van der Waals surface area contributed by atoms with Crippen molar-refractivity contribution in [3.05, 3.63) is 64.9 Å². The Morgan fingerprint density at radius 1 is 1.24 bits per heavy atom. The lowest BCUT2D eigenvalue weighted by atomic mass is 9.90. The maximum absolute atomic E-state index is 12.4. The number of ether oxygens (including phenoxy) is 1. The number of amides is 1. The standard InChI is InChI=1S/C24H28N4O2S.C2H6/c1-16(2)30-20-9-5-8-18(12-20)22-15-31-24(27-22)26-21(17-6-4-7-17)13-25-23(29)19-10-11-28(3)14-19;1-2/h5,8-12,14-16H,4,6-7,13H2,1-3H3,(H,25,29)(H,26,27);1-2H3. The van der Waals surface area contributed by atoms with Gasteiger partial charge in [-0.1, -0.05) is 26.0 Å². The molecule has 0 unspecified atom stereocenters. The summed E-state index contributed by atoms with van der Waals surface area (Å²) >= 11 is 1.57. The van der Waals surface area contributed by atoms with Gasteiger partial charge in [0.25, 0.3) is 5.91 Å². The lowest BCUT2D eigenvalue weighted by molar-refractivity contribution is 0.0957. The predicted octanol–water partition coefficient (Wildman–Crippen LogP) is 6.24. The summed E-state index contributed by atoms with van der Waals surface area (Å²) < 4.78 is 7.68. The zero-order chi connectivity index (χ0) is 23.8. The van der Waals surface area contributed by atoms with E-state index in [1.165, 1.54) is 12.0 Å². The number of rotatable bonds is 8. The van der Waals surface area contributed by atoms with Crippen molar-refractivity contribution in [2.24, 2.45) is 7.05 Å². The summed E-state index contributed by atoms with van der Waals surface area (Å²) in [5, 5.41) is 9.37. The molecule has 1 amide bonds. The molecule has 0 atom stereocenters. The van der Waals surface area contributed by atoms with Gasteiger partial charge in [0, 0.05) is 36.1 Å². The quantitative estimate of drug-likeness (QED) is 0.412. The number of allylic oxidation sites excluding steroid dienone is 1. The molecule has 6 nitrogen and oxygen atoms in total. The summed E-state index contributed by atoms with van der Waals surface area (Å²) in [7, 11) is 1.91. The highest BCUT2D eigenvalue weighted by Crippen LogP contribution is 2.32. The molecule has 1 aliphatic carbocycles. The minimum Gasteiger partial charge on any atom is -0.491 e. The van der Waals surface area contributed by atoms with Gasteiger partial charge in [0.1, 0.15) is 5.75 Å². The number of aryl methyl sites for hydroxylation is 1. The number of carbonyl (C=O) groups excluding carboxylic acids is 1. The second-order valence-electron chi connectivity index (χ2n) is 8.04. The first-order chi connectivity index (χ1) is 16.0. The monoisotopic (exact) mass is 466 g/mol. The maximum atomic E-state index is 12.4. The first kappa shape index (κ1) is 24.6. The Hall–Kier alpha value is -3.06. The van der Waals surface area contributed by atoms with Gasteiger partial charge in [-0.15, -0.1) is 11.3 Å². The maximum Gasteiger partial charge on any atom is 0.253 e. The van der Waals surface area contributed by atoms with E-state index in [4.69, 9.17) is 9.72 Å². The zero-order valence-corrected chi connectivity index (χ0v) is 21.0. The Labute approximate surface area is 200 Å². The Kier molecular flexibility index (Phi) is 8.72. The molecule has 176 valence electrons. The molecule has 1 fully saturated rings. The van der Waals surface area contributed by atoms with Crippen LogP contribution in [0.4, 0.5) is 5.13 Å². The molecule has 33 heavy (non-hydrogen) atoms. The number of anilines is 1. The van der Waals surface area contributed by atoms with Crippen LogP contribution in [0.2, 0.25) is 0 Å². The predicted molar refractivity (Wildman–Crippen MR) is 137 cm³/mol. The Balaban J connectivity index is 0.00000149. The average molecular weight is 467 g/mol. The number of thiazole rings is 1. The van der Waals surface area contributed by atoms with Crippen LogP contribution in [-0.4, -0.2) is 28.1 Å². The molecule has 7 heteroatoms. The van der Waals surface area contributed by atoms with E-state index in [0.717, 1.165) is 40.7 Å². The third kappa shape index (κ3) is 6.71. The number of benzene rings is 1. The summed E-state index contributed by atoms with van der Waals surface area (Å²) in [5.74, 6) is 0.775. The van der Waals surface area contributed by atoms with Crippen molar-refractivity contribution in [2.45, 2.75) is 53.1 Å². The number of nitrogens with one attached hydrogen (secondary N) is 2. The van der Waals surface area contributed by atoms with Gasteiger partial charge in [0.2, 0.25) is 0 Å². The van der Waals surface area contributed by atoms with Crippen LogP contribution in [0.5, 0.6) is 5.75 Å². The van der Waals surface area contributed by atoms with Crippen LogP contribution in [-0.2, 0) is 7.05 Å². The minimum absolute atomic E-state index is 0.0679. The zero-order valence-electron chi connectivity index (χ0n) is 20.1. The molecule has 2 aromatic heterocycles. The van der Waals surface area contributed by atoms with Crippen LogP contribution in [0.15, 0.2) is 59.4 Å². The molecule has 0 radical (unpaired) electrons. The van der Waals surface area contributed by atoms with E-state index in [0.29, 0.717) is 12.1 Å². The molecule has 4 rings (SSSR count). The summed E-state index contributed by atoms with van der Waals surface area (Å²) in [6, 6.07) is 9.83. The van der Waals surface area contributed by atoms with E-state index in [2.05, 4.69) is 10.6 Å². The van der Waals surface area contributed by atoms with Gasteiger partial charge >= 0.3 is 0 Å². The lowest BCUT2D eigenvalue weighted by Crippen LogP contribution is -2.29. The number of hydrogen-bond donors (Lipinski definition) is 2. The first-order valence-corrected chi connectivity index (χ1v) is 12.5. The van der Waals surface area contributed by atoms with Crippen LogP contribution in [0.3, 0.4) is 0 Å². The average Bonchev–Trinajstić information content (AvgIpc) is 3.41. The first-order valence-electron chi connectivity index (χ1n) is 11.6. The fourth-order valence-electron chi connectivity index (χ4n) is 3.41. The molecule has 2 heterocycles. The van der Waals surface area contributed by atoms with Crippen LogP contribution >= 0.6 is 11.3 Å². The van der Waals surface area contributed by atoms with Gasteiger partial charge in [0.05, 0.1) is 23.9 Å². The molecule has 0 aliphatic heterocycles. The largest absolute Gasteiger partial charge is 0.491 e. The van der Waals surface area contributed by atoms with E-state index < -0.39 is 0 Å². The SMILES string of the molecule is CC.CC(C)Oc1cccc(-c2csc(NC(CNC(=O)c3ccn(C)c3)=C3CCC3)n2)c1. The molecule has 2 N–H and O–H groups in total. The van der Waals surface area contributed by atoms with Gasteiger partial charge < -0.3 is 19.9 Å². The molecule has 3 aromatic rings. The molecule has 0 saturated heterocycles. The van der Waals surface area contributed by atoms with Crippen molar-refractivity contribution in [1.29, 1.82) is 0 Å². The van der Waals surface area contributed by atoms with Gasteiger partial charge in [-0.05, 0) is 56.9 Å². The van der Waals surface area contributed by atoms with Gasteiger partial charge in [-0.2, -0.15) is 0 Å². The van der Waals surface area contributed by atoms with E-state index in [1.807, 2.05) is 87.4 Å². The van der Waals surface area contributed by atoms with E-state index >= 15 is 0 Å².